The first kappa shape index (κ1) is 21.7. The number of hydrogen-bond acceptors (Lipinski definition) is 8. The van der Waals surface area contributed by atoms with Crippen molar-refractivity contribution in [3.05, 3.63) is 88.6 Å². The number of hydrogen-bond donors (Lipinski definition) is 2. The maximum Gasteiger partial charge on any atom is 0.250 e. The van der Waals surface area contributed by atoms with Gasteiger partial charge in [-0.1, -0.05) is 30.3 Å². The molecule has 1 unspecified atom stereocenters. The molecule has 0 radical (unpaired) electrons. The number of fused-ring (bicyclic) bond motifs is 2. The van der Waals surface area contributed by atoms with Gasteiger partial charge in [0, 0.05) is 18.2 Å². The van der Waals surface area contributed by atoms with Gasteiger partial charge >= 0.3 is 0 Å². The van der Waals surface area contributed by atoms with E-state index in [2.05, 4.69) is 9.38 Å². The second-order valence-corrected chi connectivity index (χ2v) is 9.47. The van der Waals surface area contributed by atoms with Crippen LogP contribution in [0.4, 0.5) is 0 Å². The number of nitrogens with zero attached hydrogens (tertiary/aromatic N) is 3. The van der Waals surface area contributed by atoms with Crippen LogP contribution in [0.15, 0.2) is 65.1 Å². The van der Waals surface area contributed by atoms with Crippen molar-refractivity contribution >= 4 is 21.5 Å². The SMILES string of the molecule is CS(=O)(=O)N=C1c2cccnc2C(=O)c2c1c(O)n(C(Cc1ccccc1)C1=COCO1)c2O. The number of ketones is 1. The summed E-state index contributed by atoms with van der Waals surface area (Å²) in [4.78, 5) is 17.4. The summed E-state index contributed by atoms with van der Waals surface area (Å²) >= 11 is 0. The van der Waals surface area contributed by atoms with Gasteiger partial charge in [0.2, 0.25) is 24.3 Å². The van der Waals surface area contributed by atoms with Crippen LogP contribution in [-0.2, 0) is 25.9 Å². The van der Waals surface area contributed by atoms with Gasteiger partial charge < -0.3 is 19.7 Å². The fraction of sp³-hybridized carbons (Fsp3) is 0.174. The van der Waals surface area contributed by atoms with E-state index in [1.165, 1.54) is 24.6 Å². The van der Waals surface area contributed by atoms with Crippen molar-refractivity contribution < 1.29 is 32.9 Å². The van der Waals surface area contributed by atoms with Crippen molar-refractivity contribution in [2.24, 2.45) is 4.40 Å². The Labute approximate surface area is 194 Å². The minimum Gasteiger partial charge on any atom is -0.494 e. The summed E-state index contributed by atoms with van der Waals surface area (Å²) in [5, 5.41) is 22.5. The minimum atomic E-state index is -3.94. The molecule has 2 N–H and O–H groups in total. The highest BCUT2D eigenvalue weighted by molar-refractivity contribution is 7.89. The average molecular weight is 481 g/mol. The minimum absolute atomic E-state index is 0.0434. The zero-order chi connectivity index (χ0) is 24.0. The number of carbonyl (C=O) groups excluding carboxylic acids is 1. The molecule has 0 saturated carbocycles. The molecule has 1 aliphatic heterocycles. The molecule has 11 heteroatoms. The molecule has 174 valence electrons. The third-order valence-corrected chi connectivity index (χ3v) is 6.07. The smallest absolute Gasteiger partial charge is 0.250 e. The van der Waals surface area contributed by atoms with E-state index in [0.29, 0.717) is 5.76 Å². The number of aromatic hydroxyl groups is 2. The molecule has 10 nitrogen and oxygen atoms in total. The second-order valence-electron chi connectivity index (χ2n) is 7.82. The number of sulfonamides is 1. The first-order chi connectivity index (χ1) is 16.3. The van der Waals surface area contributed by atoms with Gasteiger partial charge in [-0.3, -0.25) is 14.3 Å². The molecular weight excluding hydrogens is 462 g/mol. The van der Waals surface area contributed by atoms with Gasteiger partial charge in [-0.05, 0) is 17.7 Å². The van der Waals surface area contributed by atoms with Crippen molar-refractivity contribution in [2.45, 2.75) is 12.5 Å². The Hall–Kier alpha value is -4.12. The van der Waals surface area contributed by atoms with E-state index in [-0.39, 0.29) is 41.3 Å². The van der Waals surface area contributed by atoms with Crippen LogP contribution in [0.1, 0.15) is 38.8 Å². The summed E-state index contributed by atoms with van der Waals surface area (Å²) in [5.41, 5.74) is 0.259. The molecule has 1 aliphatic carbocycles. The number of allylic oxidation sites excluding steroid dienone is 1. The van der Waals surface area contributed by atoms with Crippen molar-refractivity contribution in [3.63, 3.8) is 0 Å². The molecule has 0 fully saturated rings. The molecule has 0 spiro atoms. The highest BCUT2D eigenvalue weighted by atomic mass is 32.2. The van der Waals surface area contributed by atoms with Gasteiger partial charge in [0.05, 0.1) is 23.1 Å². The van der Waals surface area contributed by atoms with Crippen LogP contribution in [-0.4, -0.2) is 52.7 Å². The van der Waals surface area contributed by atoms with Crippen LogP contribution in [0.25, 0.3) is 0 Å². The molecule has 0 bridgehead atoms. The number of pyridine rings is 1. The number of rotatable bonds is 5. The van der Waals surface area contributed by atoms with E-state index >= 15 is 0 Å². The highest BCUT2D eigenvalue weighted by Gasteiger charge is 2.41. The molecule has 5 rings (SSSR count). The lowest BCUT2D eigenvalue weighted by Gasteiger charge is -2.21. The van der Waals surface area contributed by atoms with Gasteiger partial charge in [0.1, 0.15) is 18.0 Å². The van der Waals surface area contributed by atoms with Gasteiger partial charge in [-0.25, -0.2) is 8.42 Å². The number of aromatic nitrogens is 2. The van der Waals surface area contributed by atoms with E-state index in [1.54, 1.807) is 0 Å². The zero-order valence-corrected chi connectivity index (χ0v) is 18.7. The molecule has 2 aliphatic rings. The zero-order valence-electron chi connectivity index (χ0n) is 17.9. The summed E-state index contributed by atoms with van der Waals surface area (Å²) in [6.07, 6.45) is 3.91. The van der Waals surface area contributed by atoms with E-state index < -0.39 is 33.6 Å². The van der Waals surface area contributed by atoms with Gasteiger partial charge in [0.15, 0.2) is 5.76 Å². The number of carbonyl (C=O) groups is 1. The van der Waals surface area contributed by atoms with Crippen LogP contribution in [0.2, 0.25) is 0 Å². The molecule has 0 saturated heterocycles. The Bertz CT molecular complexity index is 1470. The Morgan fingerprint density at radius 3 is 2.53 bits per heavy atom. The van der Waals surface area contributed by atoms with Crippen molar-refractivity contribution in [2.75, 3.05) is 13.0 Å². The van der Waals surface area contributed by atoms with E-state index in [9.17, 15) is 23.4 Å². The molecular formula is C23H19N3O7S. The van der Waals surface area contributed by atoms with Crippen LogP contribution < -0.4 is 0 Å². The molecule has 2 aromatic heterocycles. The van der Waals surface area contributed by atoms with Crippen LogP contribution in [0.3, 0.4) is 0 Å². The highest BCUT2D eigenvalue weighted by Crippen LogP contribution is 2.45. The van der Waals surface area contributed by atoms with E-state index in [0.717, 1.165) is 16.4 Å². The number of ether oxygens (including phenoxy) is 2. The Morgan fingerprint density at radius 1 is 1.12 bits per heavy atom. The first-order valence-corrected chi connectivity index (χ1v) is 12.1. The van der Waals surface area contributed by atoms with Gasteiger partial charge in [0.25, 0.3) is 10.0 Å². The topological polar surface area (TPSA) is 140 Å². The maximum atomic E-state index is 13.3. The summed E-state index contributed by atoms with van der Waals surface area (Å²) in [6, 6.07) is 11.5. The molecule has 1 aromatic carbocycles. The normalized spacial score (nSPS) is 16.9. The largest absolute Gasteiger partial charge is 0.494 e. The third-order valence-electron chi connectivity index (χ3n) is 5.56. The predicted octanol–water partition coefficient (Wildman–Crippen LogP) is 2.27. The summed E-state index contributed by atoms with van der Waals surface area (Å²) in [5.74, 6) is -1.45. The van der Waals surface area contributed by atoms with Crippen LogP contribution >= 0.6 is 0 Å². The predicted molar refractivity (Wildman–Crippen MR) is 120 cm³/mol. The quantitative estimate of drug-likeness (QED) is 0.442. The fourth-order valence-corrected chi connectivity index (χ4v) is 4.70. The summed E-state index contributed by atoms with van der Waals surface area (Å²) < 4.78 is 39.9. The first-order valence-electron chi connectivity index (χ1n) is 10.2. The average Bonchev–Trinajstić information content (AvgIpc) is 3.42. The lowest BCUT2D eigenvalue weighted by molar-refractivity contribution is 0.0699. The molecule has 34 heavy (non-hydrogen) atoms. The van der Waals surface area contributed by atoms with Gasteiger partial charge in [-0.15, -0.1) is 0 Å². The van der Waals surface area contributed by atoms with Crippen molar-refractivity contribution in [3.8, 4) is 11.8 Å². The Balaban J connectivity index is 1.76. The van der Waals surface area contributed by atoms with Crippen molar-refractivity contribution in [1.29, 1.82) is 0 Å². The third kappa shape index (κ3) is 3.59. The molecule has 3 heterocycles. The summed E-state index contributed by atoms with van der Waals surface area (Å²) in [7, 11) is -3.94. The maximum absolute atomic E-state index is 13.3. The molecule has 1 atom stereocenters. The second kappa shape index (κ2) is 8.03. The number of benzene rings is 1. The van der Waals surface area contributed by atoms with E-state index in [4.69, 9.17) is 9.47 Å². The van der Waals surface area contributed by atoms with Crippen LogP contribution in [0, 0.1) is 0 Å². The van der Waals surface area contributed by atoms with Gasteiger partial charge in [-0.2, -0.15) is 4.40 Å². The van der Waals surface area contributed by atoms with Crippen molar-refractivity contribution in [1.82, 2.24) is 9.55 Å². The molecule has 3 aromatic rings. The lowest BCUT2D eigenvalue weighted by atomic mass is 9.89. The Kier molecular flexibility index (Phi) is 5.13. The standard InChI is InChI=1S/C23H19N3O7S/c1-34(30,31)25-19-14-8-5-9-24-20(14)21(27)18-17(19)22(28)26(23(18)29)15(16-11-32-12-33-16)10-13-6-3-2-4-7-13/h2-9,11,15,28-29H,10,12H2,1H3. The van der Waals surface area contributed by atoms with Crippen LogP contribution in [0.5, 0.6) is 11.8 Å². The monoisotopic (exact) mass is 481 g/mol. The Morgan fingerprint density at radius 2 is 1.85 bits per heavy atom. The fourth-order valence-electron chi connectivity index (χ4n) is 4.17. The lowest BCUT2D eigenvalue weighted by Crippen LogP contribution is -2.22. The van der Waals surface area contributed by atoms with E-state index in [1.807, 2.05) is 30.3 Å². The molecule has 0 amide bonds. The summed E-state index contributed by atoms with van der Waals surface area (Å²) in [6.45, 7) is -0.0434.